The van der Waals surface area contributed by atoms with Crippen molar-refractivity contribution in [3.8, 4) is 28.0 Å². The Balaban J connectivity index is 1.27. The van der Waals surface area contributed by atoms with Crippen LogP contribution in [0.3, 0.4) is 0 Å². The fourth-order valence-corrected chi connectivity index (χ4v) is 8.93. The van der Waals surface area contributed by atoms with Crippen LogP contribution in [0.1, 0.15) is 86.0 Å². The van der Waals surface area contributed by atoms with Gasteiger partial charge in [0.05, 0.1) is 0 Å². The Bertz CT molecular complexity index is 2660. The van der Waals surface area contributed by atoms with Crippen LogP contribution in [-0.2, 0) is 40.0 Å². The van der Waals surface area contributed by atoms with Crippen molar-refractivity contribution in [2.75, 3.05) is 20.1 Å². The molecule has 0 unspecified atom stereocenters. The average Bonchev–Trinajstić information content (AvgIpc) is 3.84. The van der Waals surface area contributed by atoms with Crippen LogP contribution in [0.4, 0.5) is 0 Å². The number of benzene rings is 4. The number of likely N-dealkylation sites (N-methyl/N-ethyl adjacent to an activating group) is 1. The number of fused-ring (bicyclic) bond motifs is 5. The van der Waals surface area contributed by atoms with Gasteiger partial charge >= 0.3 is 0 Å². The number of aromatic hydroxyl groups is 1. The Morgan fingerprint density at radius 1 is 0.831 bits per heavy atom. The lowest BCUT2D eigenvalue weighted by Crippen LogP contribution is -2.58. The summed E-state index contributed by atoms with van der Waals surface area (Å²) in [6.45, 7) is 6.69. The van der Waals surface area contributed by atoms with Gasteiger partial charge in [-0.2, -0.15) is 0 Å². The number of unbranched alkanes of at least 4 members (excludes halogenated alkanes) is 1. The molecule has 2 heterocycles. The minimum Gasteiger partial charge on any atom is -0.507 e. The summed E-state index contributed by atoms with van der Waals surface area (Å²) in [5.41, 5.74) is 15.6. The van der Waals surface area contributed by atoms with Gasteiger partial charge in [0.2, 0.25) is 41.4 Å². The number of primary amides is 1. The smallest absolute Gasteiger partial charge is 0.251 e. The Kier molecular flexibility index (Phi) is 17.6. The van der Waals surface area contributed by atoms with Crippen molar-refractivity contribution >= 4 is 58.9 Å². The summed E-state index contributed by atoms with van der Waals surface area (Å²) in [6, 6.07) is 15.9. The summed E-state index contributed by atoms with van der Waals surface area (Å²) in [5, 5.41) is 25.4. The fourth-order valence-electron chi connectivity index (χ4n) is 8.81. The van der Waals surface area contributed by atoms with E-state index in [4.69, 9.17) is 23.1 Å². The molecule has 0 aromatic heterocycles. The second-order valence-corrected chi connectivity index (χ2v) is 18.7. The molecule has 0 aliphatic carbocycles. The van der Waals surface area contributed by atoms with Gasteiger partial charge in [0.1, 0.15) is 48.0 Å². The molecule has 376 valence electrons. The number of amides is 8. The first kappa shape index (κ1) is 53.0. The van der Waals surface area contributed by atoms with Crippen LogP contribution in [0.25, 0.3) is 22.3 Å². The highest BCUT2D eigenvalue weighted by atomic mass is 35.5. The Morgan fingerprint density at radius 3 is 2.15 bits per heavy atom. The number of halogens is 1. The molecule has 4 bridgehead atoms. The van der Waals surface area contributed by atoms with Crippen LogP contribution in [0, 0.1) is 6.92 Å². The Labute approximate surface area is 417 Å². The van der Waals surface area contributed by atoms with Crippen molar-refractivity contribution in [3.63, 3.8) is 0 Å². The van der Waals surface area contributed by atoms with Crippen molar-refractivity contribution in [2.24, 2.45) is 11.5 Å². The van der Waals surface area contributed by atoms with E-state index in [1.807, 2.05) is 19.1 Å². The van der Waals surface area contributed by atoms with Crippen LogP contribution in [0.15, 0.2) is 84.9 Å². The van der Waals surface area contributed by atoms with E-state index in [1.54, 1.807) is 66.7 Å². The standard InChI is InChI=1S/C52H62ClN9O9/c1-28-11-13-36-27-38(28)39-25-32(12-22-43(39)63)26-41(48(67)58-31(4)51(70)62-24-8-10-42(62)49(68)56-29(2)45(55)64)60-46(65)30(3)57-50(69)44(36)61(5)52(71)40(9-6-7-23-54)59-47(66)35-16-14-33(15-17-35)34-18-20-37(53)21-19-34/h11-22,25,27,29-31,40-42,44,63H,6-10,23-24,26,54H2,1-5H3,(H2,55,64)(H,56,68)(H,57,69)(H,58,67)(H,59,66)(H,60,65)/t29-,30-,31-,40-,41-,42-,44-/m0/s1. The number of hydrogen-bond donors (Lipinski definition) is 8. The topological polar surface area (TPSA) is 275 Å². The molecule has 1 saturated heterocycles. The average molecular weight is 993 g/mol. The molecule has 2 aliphatic heterocycles. The third-order valence-electron chi connectivity index (χ3n) is 13.0. The van der Waals surface area contributed by atoms with Gasteiger partial charge in [-0.05, 0) is 142 Å². The second-order valence-electron chi connectivity index (χ2n) is 18.2. The zero-order valence-electron chi connectivity index (χ0n) is 40.4. The van der Waals surface area contributed by atoms with E-state index >= 15 is 0 Å². The predicted molar refractivity (Wildman–Crippen MR) is 267 cm³/mol. The number of likely N-dealkylation sites (tertiary alicyclic amines) is 1. The maximum atomic E-state index is 14.7. The molecule has 8 amide bonds. The van der Waals surface area contributed by atoms with Gasteiger partial charge in [0.25, 0.3) is 5.91 Å². The van der Waals surface area contributed by atoms with Crippen LogP contribution in [-0.4, -0.2) is 119 Å². The second kappa shape index (κ2) is 23.5. The number of phenols is 1. The predicted octanol–water partition coefficient (Wildman–Crippen LogP) is 3.15. The van der Waals surface area contributed by atoms with Gasteiger partial charge < -0.3 is 53.0 Å². The van der Waals surface area contributed by atoms with E-state index in [1.165, 1.54) is 43.7 Å². The quantitative estimate of drug-likeness (QED) is 0.0806. The summed E-state index contributed by atoms with van der Waals surface area (Å²) in [7, 11) is 1.43. The number of carbonyl (C=O) groups is 8. The zero-order chi connectivity index (χ0) is 51.7. The van der Waals surface area contributed by atoms with Crippen LogP contribution in [0.2, 0.25) is 5.02 Å². The number of phenolic OH excluding ortho intramolecular Hbond substituents is 1. The third kappa shape index (κ3) is 12.9. The summed E-state index contributed by atoms with van der Waals surface area (Å²) in [4.78, 5) is 112. The van der Waals surface area contributed by atoms with Crippen molar-refractivity contribution in [3.05, 3.63) is 112 Å². The summed E-state index contributed by atoms with van der Waals surface area (Å²) in [6.07, 6.45) is 1.96. The molecule has 4 aromatic rings. The number of nitrogens with two attached hydrogens (primary N) is 2. The lowest BCUT2D eigenvalue weighted by molar-refractivity contribution is -0.142. The first-order chi connectivity index (χ1) is 33.8. The molecule has 19 heteroatoms. The van der Waals surface area contributed by atoms with Crippen molar-refractivity contribution in [2.45, 2.75) is 109 Å². The molecule has 1 fully saturated rings. The molecule has 7 atom stereocenters. The Hall–Kier alpha value is -7.31. The summed E-state index contributed by atoms with van der Waals surface area (Å²) >= 11 is 6.07. The van der Waals surface area contributed by atoms with Crippen LogP contribution in [0.5, 0.6) is 5.75 Å². The van der Waals surface area contributed by atoms with Crippen molar-refractivity contribution in [1.29, 1.82) is 0 Å². The number of aryl methyl sites for hydroxylation is 1. The SMILES string of the molecule is Cc1ccc2cc1-c1cc(ccc1O)C[C@@H](C(=O)N[C@@H](C)C(=O)N1CCC[C@H]1C(=O)N[C@@H](C)C(N)=O)NC(=O)[C@H](C)NC(=O)[C@H]2N(C)C(=O)[C@H](CCCCN)NC(=O)c1ccc(-c2ccc(Cl)cc2)cc1. The molecule has 2 aliphatic rings. The van der Waals surface area contributed by atoms with Gasteiger partial charge in [0.15, 0.2) is 0 Å². The minimum atomic E-state index is -1.38. The molecule has 0 spiro atoms. The monoisotopic (exact) mass is 991 g/mol. The maximum absolute atomic E-state index is 14.7. The number of carbonyl (C=O) groups excluding carboxylic acids is 8. The highest BCUT2D eigenvalue weighted by Gasteiger charge is 2.39. The van der Waals surface area contributed by atoms with E-state index in [9.17, 15) is 43.5 Å². The molecule has 6 rings (SSSR count). The molecule has 10 N–H and O–H groups in total. The fraction of sp³-hybridized carbons (Fsp3) is 0.385. The lowest BCUT2D eigenvalue weighted by Gasteiger charge is -2.33. The van der Waals surface area contributed by atoms with E-state index in [0.29, 0.717) is 70.6 Å². The minimum absolute atomic E-state index is 0.103. The summed E-state index contributed by atoms with van der Waals surface area (Å²) in [5.74, 6) is -5.36. The highest BCUT2D eigenvalue weighted by Crippen LogP contribution is 2.36. The number of nitrogens with one attached hydrogen (secondary N) is 5. The van der Waals surface area contributed by atoms with Crippen molar-refractivity contribution in [1.82, 2.24) is 36.4 Å². The zero-order valence-corrected chi connectivity index (χ0v) is 41.2. The third-order valence-corrected chi connectivity index (χ3v) is 13.2. The van der Waals surface area contributed by atoms with Crippen LogP contribution >= 0.6 is 11.6 Å². The molecule has 0 saturated carbocycles. The largest absolute Gasteiger partial charge is 0.507 e. The van der Waals surface area contributed by atoms with E-state index in [-0.39, 0.29) is 25.1 Å². The van der Waals surface area contributed by atoms with E-state index in [2.05, 4.69) is 26.6 Å². The van der Waals surface area contributed by atoms with Crippen LogP contribution < -0.4 is 38.1 Å². The van der Waals surface area contributed by atoms with Crippen molar-refractivity contribution < 1.29 is 43.5 Å². The molecule has 0 radical (unpaired) electrons. The molecular weight excluding hydrogens is 930 g/mol. The van der Waals surface area contributed by atoms with Gasteiger partial charge in [-0.3, -0.25) is 38.4 Å². The molecule has 18 nitrogen and oxygen atoms in total. The van der Waals surface area contributed by atoms with Gasteiger partial charge in [0, 0.05) is 36.2 Å². The normalized spacial score (nSPS) is 19.2. The molecule has 4 aromatic carbocycles. The highest BCUT2D eigenvalue weighted by molar-refractivity contribution is 6.30. The van der Waals surface area contributed by atoms with Gasteiger partial charge in [-0.15, -0.1) is 0 Å². The first-order valence-corrected chi connectivity index (χ1v) is 24.0. The van der Waals surface area contributed by atoms with Gasteiger partial charge in [-0.1, -0.05) is 54.1 Å². The Morgan fingerprint density at radius 2 is 1.49 bits per heavy atom. The van der Waals surface area contributed by atoms with E-state index in [0.717, 1.165) is 11.1 Å². The van der Waals surface area contributed by atoms with Gasteiger partial charge in [-0.25, -0.2) is 0 Å². The first-order valence-electron chi connectivity index (χ1n) is 23.7. The number of rotatable bonds is 15. The summed E-state index contributed by atoms with van der Waals surface area (Å²) < 4.78 is 0. The number of nitrogens with zero attached hydrogens (tertiary/aromatic N) is 2. The van der Waals surface area contributed by atoms with E-state index < -0.39 is 89.6 Å². The number of hydrogen-bond acceptors (Lipinski definition) is 10. The molecular formula is C52H62ClN9O9. The maximum Gasteiger partial charge on any atom is 0.251 e. The lowest BCUT2D eigenvalue weighted by atomic mass is 9.91. The molecule has 71 heavy (non-hydrogen) atoms.